The van der Waals surface area contributed by atoms with Crippen molar-refractivity contribution in [3.05, 3.63) is 27.2 Å². The van der Waals surface area contributed by atoms with Gasteiger partial charge < -0.3 is 14.8 Å². The van der Waals surface area contributed by atoms with Crippen molar-refractivity contribution in [3.8, 4) is 0 Å². The molecule has 1 N–H and O–H groups in total. The molecule has 0 bridgehead atoms. The number of carbonyl (C=O) groups excluding carboxylic acids is 1. The SMILES string of the molecule is Cn1cnc2c1c(=O)n(CCCCCCCCCCC(=O)NCCN1CCCCC1)c(=O)n2C. The van der Waals surface area contributed by atoms with Crippen LogP contribution in [0.4, 0.5) is 0 Å². The number of likely N-dealkylation sites (tertiary alicyclic amines) is 1. The molecule has 0 spiro atoms. The average Bonchev–Trinajstić information content (AvgIpc) is 3.23. The summed E-state index contributed by atoms with van der Waals surface area (Å²) in [5, 5.41) is 3.06. The van der Waals surface area contributed by atoms with Crippen LogP contribution < -0.4 is 16.6 Å². The lowest BCUT2D eigenvalue weighted by Crippen LogP contribution is -2.39. The first-order chi connectivity index (χ1) is 16.5. The molecule has 9 heteroatoms. The first-order valence-corrected chi connectivity index (χ1v) is 13.1. The molecule has 1 fully saturated rings. The zero-order valence-electron chi connectivity index (χ0n) is 21.1. The van der Waals surface area contributed by atoms with Crippen molar-refractivity contribution in [2.75, 3.05) is 26.2 Å². The molecule has 3 rings (SSSR count). The fourth-order valence-corrected chi connectivity index (χ4v) is 4.83. The van der Waals surface area contributed by atoms with Crippen molar-refractivity contribution in [2.45, 2.75) is 83.6 Å². The third kappa shape index (κ3) is 7.29. The number of fused-ring (bicyclic) bond motifs is 1. The van der Waals surface area contributed by atoms with Crippen molar-refractivity contribution in [1.29, 1.82) is 0 Å². The van der Waals surface area contributed by atoms with Crippen molar-refractivity contribution >= 4 is 17.1 Å². The summed E-state index contributed by atoms with van der Waals surface area (Å²) in [6.45, 7) is 4.54. The van der Waals surface area contributed by atoms with Gasteiger partial charge in [0.1, 0.15) is 0 Å². The average molecular weight is 475 g/mol. The Balaban J connectivity index is 1.21. The largest absolute Gasteiger partial charge is 0.355 e. The Bertz CT molecular complexity index is 1030. The third-order valence-electron chi connectivity index (χ3n) is 6.94. The van der Waals surface area contributed by atoms with Gasteiger partial charge in [-0.3, -0.25) is 18.7 Å². The predicted octanol–water partition coefficient (Wildman–Crippen LogP) is 2.55. The van der Waals surface area contributed by atoms with E-state index >= 15 is 0 Å². The molecule has 0 aromatic carbocycles. The van der Waals surface area contributed by atoms with Crippen LogP contribution in [-0.2, 0) is 25.4 Å². The second kappa shape index (κ2) is 13.5. The number of nitrogens with one attached hydrogen (secondary N) is 1. The molecule has 1 saturated heterocycles. The van der Waals surface area contributed by atoms with E-state index in [-0.39, 0.29) is 17.2 Å². The number of aryl methyl sites for hydroxylation is 2. The Morgan fingerprint density at radius 1 is 0.912 bits per heavy atom. The van der Waals surface area contributed by atoms with Crippen LogP contribution in [0.1, 0.15) is 77.0 Å². The first-order valence-electron chi connectivity index (χ1n) is 13.1. The number of carbonyl (C=O) groups is 1. The van der Waals surface area contributed by atoms with E-state index in [0.717, 1.165) is 58.0 Å². The molecule has 2 aromatic heterocycles. The van der Waals surface area contributed by atoms with E-state index in [4.69, 9.17) is 0 Å². The van der Waals surface area contributed by atoms with Gasteiger partial charge in [0, 0.05) is 40.2 Å². The first kappa shape index (κ1) is 26.2. The van der Waals surface area contributed by atoms with E-state index in [1.807, 2.05) is 0 Å². The van der Waals surface area contributed by atoms with Crippen LogP contribution in [0.25, 0.3) is 11.2 Å². The van der Waals surface area contributed by atoms with Crippen LogP contribution in [0.5, 0.6) is 0 Å². The standard InChI is InChI=1S/C25H42N6O3/c1-28-20-27-23-22(28)24(33)31(25(34)29(23)2)18-13-8-6-4-3-5-7-10-14-21(32)26-15-19-30-16-11-9-12-17-30/h20H,3-19H2,1-2H3,(H,26,32). The molecule has 1 aliphatic rings. The van der Waals surface area contributed by atoms with E-state index in [2.05, 4.69) is 15.2 Å². The summed E-state index contributed by atoms with van der Waals surface area (Å²) >= 11 is 0. The lowest BCUT2D eigenvalue weighted by molar-refractivity contribution is -0.121. The number of nitrogens with zero attached hydrogens (tertiary/aromatic N) is 5. The van der Waals surface area contributed by atoms with Crippen molar-refractivity contribution < 1.29 is 4.79 Å². The van der Waals surface area contributed by atoms with Gasteiger partial charge in [0.25, 0.3) is 5.56 Å². The van der Waals surface area contributed by atoms with Gasteiger partial charge in [-0.05, 0) is 38.8 Å². The molecule has 3 heterocycles. The van der Waals surface area contributed by atoms with Crippen molar-refractivity contribution in [1.82, 2.24) is 28.9 Å². The maximum atomic E-state index is 12.7. The van der Waals surface area contributed by atoms with Crippen LogP contribution in [0, 0.1) is 0 Å². The molecule has 0 aliphatic carbocycles. The number of amides is 1. The van der Waals surface area contributed by atoms with Gasteiger partial charge >= 0.3 is 5.69 Å². The zero-order chi connectivity index (χ0) is 24.3. The summed E-state index contributed by atoms with van der Waals surface area (Å²) in [5.41, 5.74) is 0.349. The number of unbranched alkanes of at least 4 members (excludes halogenated alkanes) is 7. The van der Waals surface area contributed by atoms with E-state index in [0.29, 0.717) is 24.1 Å². The molecule has 190 valence electrons. The van der Waals surface area contributed by atoms with Gasteiger partial charge in [-0.2, -0.15) is 0 Å². The molecular weight excluding hydrogens is 432 g/mol. The van der Waals surface area contributed by atoms with Crippen LogP contribution in [-0.4, -0.2) is 55.7 Å². The third-order valence-corrected chi connectivity index (χ3v) is 6.94. The second-order valence-electron chi connectivity index (χ2n) is 9.66. The fraction of sp³-hybridized carbons (Fsp3) is 0.760. The van der Waals surface area contributed by atoms with Gasteiger partial charge in [0.05, 0.1) is 6.33 Å². The number of rotatable bonds is 14. The predicted molar refractivity (Wildman–Crippen MR) is 135 cm³/mol. The highest BCUT2D eigenvalue weighted by Gasteiger charge is 2.14. The molecule has 0 saturated carbocycles. The minimum absolute atomic E-state index is 0.183. The lowest BCUT2D eigenvalue weighted by atomic mass is 10.1. The number of aromatic nitrogens is 4. The highest BCUT2D eigenvalue weighted by Crippen LogP contribution is 2.11. The summed E-state index contributed by atoms with van der Waals surface area (Å²) in [7, 11) is 3.43. The van der Waals surface area contributed by atoms with E-state index in [1.54, 1.807) is 25.0 Å². The Hall–Kier alpha value is -2.42. The van der Waals surface area contributed by atoms with Gasteiger partial charge in [0.15, 0.2) is 11.2 Å². The van der Waals surface area contributed by atoms with Gasteiger partial charge in [-0.25, -0.2) is 9.78 Å². The Kier molecular flexibility index (Phi) is 10.4. The Morgan fingerprint density at radius 2 is 1.56 bits per heavy atom. The summed E-state index contributed by atoms with van der Waals surface area (Å²) < 4.78 is 4.46. The summed E-state index contributed by atoms with van der Waals surface area (Å²) in [4.78, 5) is 43.8. The van der Waals surface area contributed by atoms with Crippen LogP contribution >= 0.6 is 0 Å². The molecule has 9 nitrogen and oxygen atoms in total. The van der Waals surface area contributed by atoms with Crippen LogP contribution in [0.2, 0.25) is 0 Å². The molecule has 0 unspecified atom stereocenters. The lowest BCUT2D eigenvalue weighted by Gasteiger charge is -2.26. The second-order valence-corrected chi connectivity index (χ2v) is 9.66. The molecule has 0 atom stereocenters. The molecule has 1 amide bonds. The van der Waals surface area contributed by atoms with Gasteiger partial charge in [-0.15, -0.1) is 0 Å². The highest BCUT2D eigenvalue weighted by molar-refractivity contribution is 5.75. The number of hydrogen-bond donors (Lipinski definition) is 1. The summed E-state index contributed by atoms with van der Waals surface area (Å²) in [6.07, 6.45) is 14.5. The highest BCUT2D eigenvalue weighted by atomic mass is 16.2. The van der Waals surface area contributed by atoms with E-state index in [1.165, 1.54) is 47.9 Å². The fourth-order valence-electron chi connectivity index (χ4n) is 4.83. The van der Waals surface area contributed by atoms with Gasteiger partial charge in [0.2, 0.25) is 5.91 Å². The minimum Gasteiger partial charge on any atom is -0.355 e. The van der Waals surface area contributed by atoms with Crippen LogP contribution in [0.3, 0.4) is 0 Å². The molecule has 34 heavy (non-hydrogen) atoms. The van der Waals surface area contributed by atoms with Crippen molar-refractivity contribution in [2.24, 2.45) is 14.1 Å². The number of imidazole rings is 1. The minimum atomic E-state index is -0.299. The van der Waals surface area contributed by atoms with Crippen LogP contribution in [0.15, 0.2) is 15.9 Å². The topological polar surface area (TPSA) is 94.2 Å². The number of hydrogen-bond acceptors (Lipinski definition) is 5. The van der Waals surface area contributed by atoms with E-state index < -0.39 is 0 Å². The monoisotopic (exact) mass is 474 g/mol. The van der Waals surface area contributed by atoms with Crippen molar-refractivity contribution in [3.63, 3.8) is 0 Å². The Morgan fingerprint density at radius 3 is 2.26 bits per heavy atom. The number of piperidine rings is 1. The smallest absolute Gasteiger partial charge is 0.332 e. The molecule has 1 aliphatic heterocycles. The summed E-state index contributed by atoms with van der Waals surface area (Å²) in [6, 6.07) is 0. The quantitative estimate of drug-likeness (QED) is 0.425. The van der Waals surface area contributed by atoms with Gasteiger partial charge in [-0.1, -0.05) is 44.9 Å². The molecule has 2 aromatic rings. The van der Waals surface area contributed by atoms with E-state index in [9.17, 15) is 14.4 Å². The maximum absolute atomic E-state index is 12.7. The summed E-state index contributed by atoms with van der Waals surface area (Å²) in [5.74, 6) is 0.183. The zero-order valence-corrected chi connectivity index (χ0v) is 21.1. The normalized spacial score (nSPS) is 14.6. The molecule has 0 radical (unpaired) electrons. The molecular formula is C25H42N6O3. The maximum Gasteiger partial charge on any atom is 0.332 e. The Labute approximate surface area is 202 Å².